The van der Waals surface area contributed by atoms with Gasteiger partial charge in [0, 0.05) is 37.0 Å². The van der Waals surface area contributed by atoms with Gasteiger partial charge in [0.1, 0.15) is 5.75 Å². The van der Waals surface area contributed by atoms with Gasteiger partial charge in [-0.2, -0.15) is 0 Å². The first kappa shape index (κ1) is 23.8. The topological polar surface area (TPSA) is 61.8 Å². The molecule has 0 spiro atoms. The molecule has 1 amide bonds. The minimum Gasteiger partial charge on any atom is -0.493 e. The molecule has 182 valence electrons. The number of nitrogens with zero attached hydrogens (tertiary/aromatic N) is 1. The first-order chi connectivity index (χ1) is 17.7. The van der Waals surface area contributed by atoms with Crippen LogP contribution in [0.15, 0.2) is 96.6 Å². The number of benzene rings is 4. The average molecular weight is 479 g/mol. The van der Waals surface area contributed by atoms with Crippen molar-refractivity contribution in [2.75, 3.05) is 19.7 Å². The molecule has 1 aliphatic rings. The second-order valence-electron chi connectivity index (χ2n) is 9.17. The third-order valence-corrected chi connectivity index (χ3v) is 6.71. The molecule has 5 nitrogen and oxygen atoms in total. The fourth-order valence-electron chi connectivity index (χ4n) is 4.82. The Balaban J connectivity index is 1.32. The van der Waals surface area contributed by atoms with E-state index in [9.17, 15) is 4.79 Å². The van der Waals surface area contributed by atoms with E-state index in [0.29, 0.717) is 12.2 Å². The lowest BCUT2D eigenvalue weighted by Gasteiger charge is -2.29. The molecule has 0 unspecified atom stereocenters. The van der Waals surface area contributed by atoms with Crippen molar-refractivity contribution in [3.63, 3.8) is 0 Å². The summed E-state index contributed by atoms with van der Waals surface area (Å²) in [6, 6.07) is 30.4. The Bertz CT molecular complexity index is 1370. The van der Waals surface area contributed by atoms with Gasteiger partial charge in [0.2, 0.25) is 0 Å². The van der Waals surface area contributed by atoms with E-state index >= 15 is 0 Å². The van der Waals surface area contributed by atoms with Crippen molar-refractivity contribution >= 4 is 22.8 Å². The number of carbonyl (C=O) groups is 1. The van der Waals surface area contributed by atoms with Crippen LogP contribution in [0.1, 0.15) is 33.5 Å². The monoisotopic (exact) mass is 478 g/mol. The maximum Gasteiger partial charge on any atom is 0.274 e. The van der Waals surface area contributed by atoms with Crippen LogP contribution in [-0.2, 0) is 13.0 Å². The van der Waals surface area contributed by atoms with Gasteiger partial charge in [0.25, 0.3) is 5.91 Å². The first-order valence-corrected chi connectivity index (χ1v) is 12.3. The molecule has 0 atom stereocenters. The smallest absolute Gasteiger partial charge is 0.274 e. The lowest BCUT2D eigenvalue weighted by molar-refractivity contribution is 0.0706. The van der Waals surface area contributed by atoms with E-state index < -0.39 is 5.91 Å². The summed E-state index contributed by atoms with van der Waals surface area (Å²) in [5.41, 5.74) is 7.23. The van der Waals surface area contributed by atoms with E-state index in [1.165, 1.54) is 22.1 Å². The molecule has 0 aromatic heterocycles. The van der Waals surface area contributed by atoms with E-state index in [2.05, 4.69) is 53.4 Å². The van der Waals surface area contributed by atoms with Crippen LogP contribution in [0.3, 0.4) is 0 Å². The number of fused-ring (bicyclic) bond motifs is 2. The van der Waals surface area contributed by atoms with Crippen molar-refractivity contribution in [2.45, 2.75) is 19.4 Å². The Morgan fingerprint density at radius 3 is 2.50 bits per heavy atom. The molecule has 2 N–H and O–H groups in total. The van der Waals surface area contributed by atoms with Crippen LogP contribution in [0.5, 0.6) is 5.75 Å². The molecule has 4 aromatic rings. The van der Waals surface area contributed by atoms with Gasteiger partial charge in [0.15, 0.2) is 0 Å². The number of nitrogens with one attached hydrogen (secondary N) is 1. The zero-order valence-corrected chi connectivity index (χ0v) is 20.2. The van der Waals surface area contributed by atoms with Gasteiger partial charge in [-0.25, -0.2) is 5.48 Å². The van der Waals surface area contributed by atoms with Gasteiger partial charge in [-0.15, -0.1) is 0 Å². The Hall–Kier alpha value is -3.93. The summed E-state index contributed by atoms with van der Waals surface area (Å²) in [5, 5.41) is 11.2. The fourth-order valence-corrected chi connectivity index (χ4v) is 4.82. The highest BCUT2D eigenvalue weighted by atomic mass is 16.5. The standard InChI is InChI=1S/C31H30N2O3/c34-31(32-35)27-14-12-23(13-15-27)20-24(21-33-18-16-25-6-1-2-8-28(25)22-33)17-19-36-30-11-5-9-26-7-3-4-10-29(26)30/h1-15,20,35H,16-19,21-22H2,(H,32,34)/b24-20-. The van der Waals surface area contributed by atoms with Crippen LogP contribution in [0.4, 0.5) is 0 Å². The average Bonchev–Trinajstić information content (AvgIpc) is 2.93. The molecule has 1 aliphatic heterocycles. The molecular weight excluding hydrogens is 448 g/mol. The van der Waals surface area contributed by atoms with E-state index in [-0.39, 0.29) is 0 Å². The summed E-state index contributed by atoms with van der Waals surface area (Å²) >= 11 is 0. The van der Waals surface area contributed by atoms with Crippen molar-refractivity contribution in [1.82, 2.24) is 10.4 Å². The predicted molar refractivity (Wildman–Crippen MR) is 143 cm³/mol. The minimum absolute atomic E-state index is 0.420. The number of hydrogen-bond acceptors (Lipinski definition) is 4. The summed E-state index contributed by atoms with van der Waals surface area (Å²) in [6.07, 6.45) is 4.04. The van der Waals surface area contributed by atoms with E-state index in [1.54, 1.807) is 17.6 Å². The van der Waals surface area contributed by atoms with Crippen molar-refractivity contribution in [3.8, 4) is 5.75 Å². The summed E-state index contributed by atoms with van der Waals surface area (Å²) in [6.45, 7) is 3.39. The van der Waals surface area contributed by atoms with Crippen LogP contribution in [0.2, 0.25) is 0 Å². The highest BCUT2D eigenvalue weighted by Gasteiger charge is 2.17. The first-order valence-electron chi connectivity index (χ1n) is 12.3. The van der Waals surface area contributed by atoms with Gasteiger partial charge in [-0.3, -0.25) is 14.9 Å². The SMILES string of the molecule is O=C(NO)c1ccc(/C=C(/CCOc2cccc3ccccc23)CN2CCc3ccccc3C2)cc1. The summed E-state index contributed by atoms with van der Waals surface area (Å²) in [4.78, 5) is 14.2. The van der Waals surface area contributed by atoms with Crippen LogP contribution < -0.4 is 10.2 Å². The number of hydrogen-bond donors (Lipinski definition) is 2. The minimum atomic E-state index is -0.513. The number of hydroxylamine groups is 1. The van der Waals surface area contributed by atoms with Crippen molar-refractivity contribution in [1.29, 1.82) is 0 Å². The number of carbonyl (C=O) groups excluding carboxylic acids is 1. The molecule has 0 bridgehead atoms. The molecule has 4 aromatic carbocycles. The molecule has 0 radical (unpaired) electrons. The Labute approximate surface area is 211 Å². The molecule has 0 aliphatic carbocycles. The molecule has 1 heterocycles. The van der Waals surface area contributed by atoms with Crippen LogP contribution in [0, 0.1) is 0 Å². The van der Waals surface area contributed by atoms with Crippen LogP contribution >= 0.6 is 0 Å². The zero-order valence-electron chi connectivity index (χ0n) is 20.2. The maximum atomic E-state index is 11.7. The predicted octanol–water partition coefficient (Wildman–Crippen LogP) is 5.87. The summed E-state index contributed by atoms with van der Waals surface area (Å²) in [5.74, 6) is 0.389. The van der Waals surface area contributed by atoms with Gasteiger partial charge in [0.05, 0.1) is 6.61 Å². The third-order valence-electron chi connectivity index (χ3n) is 6.71. The second kappa shape index (κ2) is 11.2. The van der Waals surface area contributed by atoms with Crippen LogP contribution in [0.25, 0.3) is 16.8 Å². The van der Waals surface area contributed by atoms with Crippen LogP contribution in [-0.4, -0.2) is 35.7 Å². The van der Waals surface area contributed by atoms with E-state index in [4.69, 9.17) is 9.94 Å². The number of rotatable bonds is 8. The highest BCUT2D eigenvalue weighted by molar-refractivity contribution is 5.93. The fraction of sp³-hybridized carbons (Fsp3) is 0.194. The summed E-state index contributed by atoms with van der Waals surface area (Å²) < 4.78 is 6.26. The van der Waals surface area contributed by atoms with Crippen molar-refractivity contribution < 1.29 is 14.7 Å². The second-order valence-corrected chi connectivity index (χ2v) is 9.17. The Morgan fingerprint density at radius 1 is 0.917 bits per heavy atom. The summed E-state index contributed by atoms with van der Waals surface area (Å²) in [7, 11) is 0. The Kier molecular flexibility index (Phi) is 7.41. The molecule has 5 rings (SSSR count). The normalized spacial score (nSPS) is 13.9. The zero-order chi connectivity index (χ0) is 24.7. The number of amides is 1. The van der Waals surface area contributed by atoms with Gasteiger partial charge >= 0.3 is 0 Å². The van der Waals surface area contributed by atoms with Gasteiger partial charge in [-0.1, -0.05) is 84.4 Å². The van der Waals surface area contributed by atoms with E-state index in [1.807, 2.05) is 36.4 Å². The quantitative estimate of drug-likeness (QED) is 0.246. The molecule has 5 heteroatoms. The lowest BCUT2D eigenvalue weighted by atomic mass is 9.99. The largest absolute Gasteiger partial charge is 0.493 e. The molecule has 0 saturated carbocycles. The van der Waals surface area contributed by atoms with Gasteiger partial charge in [-0.05, 0) is 46.7 Å². The van der Waals surface area contributed by atoms with Crippen molar-refractivity contribution in [2.24, 2.45) is 0 Å². The van der Waals surface area contributed by atoms with E-state index in [0.717, 1.165) is 49.2 Å². The lowest BCUT2D eigenvalue weighted by Crippen LogP contribution is -2.32. The van der Waals surface area contributed by atoms with Crippen molar-refractivity contribution in [3.05, 3.63) is 119 Å². The Morgan fingerprint density at radius 2 is 1.67 bits per heavy atom. The highest BCUT2D eigenvalue weighted by Crippen LogP contribution is 2.26. The molecule has 0 saturated heterocycles. The maximum absolute atomic E-state index is 11.7. The van der Waals surface area contributed by atoms with Gasteiger partial charge < -0.3 is 4.74 Å². The third kappa shape index (κ3) is 5.65. The molecular formula is C31H30N2O3. The molecule has 0 fully saturated rings. The number of ether oxygens (including phenoxy) is 1. The molecule has 36 heavy (non-hydrogen) atoms.